The second kappa shape index (κ2) is 4.07. The van der Waals surface area contributed by atoms with Gasteiger partial charge in [0.15, 0.2) is 0 Å². The standard InChI is InChI=1S/C11H13FO2/c12-11-4-2-1-3-8(11)7-14-10-5-9(13)6-10/h1-4,9-10,13H,5-7H2. The maximum atomic E-state index is 13.1. The summed E-state index contributed by atoms with van der Waals surface area (Å²) in [5, 5.41) is 9.02. The van der Waals surface area contributed by atoms with Crippen LogP contribution in [0.5, 0.6) is 0 Å². The molecular weight excluding hydrogens is 183 g/mol. The highest BCUT2D eigenvalue weighted by Gasteiger charge is 2.27. The number of aliphatic hydroxyl groups excluding tert-OH is 1. The maximum absolute atomic E-state index is 13.1. The van der Waals surface area contributed by atoms with Crippen molar-refractivity contribution in [2.75, 3.05) is 0 Å². The molecule has 1 aromatic carbocycles. The lowest BCUT2D eigenvalue weighted by molar-refractivity contribution is -0.0783. The lowest BCUT2D eigenvalue weighted by Gasteiger charge is -2.31. The van der Waals surface area contributed by atoms with E-state index in [-0.39, 0.29) is 18.0 Å². The van der Waals surface area contributed by atoms with Crippen molar-refractivity contribution in [1.82, 2.24) is 0 Å². The summed E-state index contributed by atoms with van der Waals surface area (Å²) in [5.74, 6) is -0.229. The summed E-state index contributed by atoms with van der Waals surface area (Å²) in [5.41, 5.74) is 0.578. The Morgan fingerprint density at radius 1 is 1.36 bits per heavy atom. The highest BCUT2D eigenvalue weighted by molar-refractivity contribution is 5.16. The van der Waals surface area contributed by atoms with E-state index in [1.54, 1.807) is 18.2 Å². The average molecular weight is 196 g/mol. The smallest absolute Gasteiger partial charge is 0.128 e. The van der Waals surface area contributed by atoms with Crippen LogP contribution in [0, 0.1) is 5.82 Å². The number of halogens is 1. The van der Waals surface area contributed by atoms with Crippen LogP contribution >= 0.6 is 0 Å². The quantitative estimate of drug-likeness (QED) is 0.799. The first-order chi connectivity index (χ1) is 6.75. The van der Waals surface area contributed by atoms with Gasteiger partial charge in [-0.25, -0.2) is 4.39 Å². The lowest BCUT2D eigenvalue weighted by Crippen LogP contribution is -2.35. The van der Waals surface area contributed by atoms with Gasteiger partial charge in [0.25, 0.3) is 0 Å². The van der Waals surface area contributed by atoms with Gasteiger partial charge in [-0.15, -0.1) is 0 Å². The van der Waals surface area contributed by atoms with E-state index < -0.39 is 0 Å². The van der Waals surface area contributed by atoms with E-state index in [9.17, 15) is 4.39 Å². The number of hydrogen-bond donors (Lipinski definition) is 1. The fourth-order valence-corrected chi connectivity index (χ4v) is 1.50. The van der Waals surface area contributed by atoms with Gasteiger partial charge in [0.1, 0.15) is 5.82 Å². The minimum atomic E-state index is -0.229. The molecule has 1 aliphatic carbocycles. The van der Waals surface area contributed by atoms with Crippen molar-refractivity contribution >= 4 is 0 Å². The lowest BCUT2D eigenvalue weighted by atomic mass is 9.92. The molecule has 0 radical (unpaired) electrons. The Balaban J connectivity index is 1.83. The highest BCUT2D eigenvalue weighted by Crippen LogP contribution is 2.24. The first-order valence-corrected chi connectivity index (χ1v) is 4.79. The summed E-state index contributed by atoms with van der Waals surface area (Å²) in [6, 6.07) is 6.59. The van der Waals surface area contributed by atoms with Crippen LogP contribution in [0.25, 0.3) is 0 Å². The van der Waals surface area contributed by atoms with Crippen molar-refractivity contribution < 1.29 is 14.2 Å². The predicted octanol–water partition coefficient (Wildman–Crippen LogP) is 1.87. The molecule has 0 unspecified atom stereocenters. The number of ether oxygens (including phenoxy) is 1. The molecular formula is C11H13FO2. The second-order valence-electron chi connectivity index (χ2n) is 3.65. The molecule has 1 fully saturated rings. The Morgan fingerprint density at radius 3 is 2.71 bits per heavy atom. The average Bonchev–Trinajstić information content (AvgIpc) is 2.13. The van der Waals surface area contributed by atoms with E-state index in [4.69, 9.17) is 9.84 Å². The third-order valence-electron chi connectivity index (χ3n) is 2.50. The van der Waals surface area contributed by atoms with Crippen LogP contribution in [0.4, 0.5) is 4.39 Å². The highest BCUT2D eigenvalue weighted by atomic mass is 19.1. The molecule has 0 amide bonds. The Hall–Kier alpha value is -0.930. The zero-order valence-corrected chi connectivity index (χ0v) is 7.82. The number of aliphatic hydroxyl groups is 1. The predicted molar refractivity (Wildman–Crippen MR) is 50.2 cm³/mol. The van der Waals surface area contributed by atoms with Crippen molar-refractivity contribution in [2.45, 2.75) is 31.7 Å². The zero-order chi connectivity index (χ0) is 9.97. The third-order valence-corrected chi connectivity index (χ3v) is 2.50. The normalized spacial score (nSPS) is 25.9. The van der Waals surface area contributed by atoms with Gasteiger partial charge in [0.2, 0.25) is 0 Å². The van der Waals surface area contributed by atoms with Crippen LogP contribution in [-0.2, 0) is 11.3 Å². The molecule has 0 aromatic heterocycles. The Morgan fingerprint density at radius 2 is 2.07 bits per heavy atom. The molecule has 0 aliphatic heterocycles. The van der Waals surface area contributed by atoms with Gasteiger partial charge in [0, 0.05) is 5.56 Å². The summed E-state index contributed by atoms with van der Waals surface area (Å²) in [6.07, 6.45) is 1.23. The van der Waals surface area contributed by atoms with Crippen molar-refractivity contribution in [3.8, 4) is 0 Å². The first kappa shape index (κ1) is 9.62. The van der Waals surface area contributed by atoms with Crippen LogP contribution in [0.3, 0.4) is 0 Å². The largest absolute Gasteiger partial charge is 0.393 e. The molecule has 0 bridgehead atoms. The van der Waals surface area contributed by atoms with Crippen molar-refractivity contribution in [1.29, 1.82) is 0 Å². The summed E-state index contributed by atoms with van der Waals surface area (Å²) in [6.45, 7) is 0.296. The van der Waals surface area contributed by atoms with E-state index >= 15 is 0 Å². The van der Waals surface area contributed by atoms with E-state index in [2.05, 4.69) is 0 Å². The minimum absolute atomic E-state index is 0.101. The summed E-state index contributed by atoms with van der Waals surface area (Å²) in [4.78, 5) is 0. The van der Waals surface area contributed by atoms with E-state index in [1.165, 1.54) is 6.07 Å². The summed E-state index contributed by atoms with van der Waals surface area (Å²) < 4.78 is 18.5. The van der Waals surface area contributed by atoms with Gasteiger partial charge in [-0.3, -0.25) is 0 Å². The first-order valence-electron chi connectivity index (χ1n) is 4.79. The SMILES string of the molecule is OC1CC(OCc2ccccc2F)C1. The minimum Gasteiger partial charge on any atom is -0.393 e. The summed E-state index contributed by atoms with van der Waals surface area (Å²) >= 11 is 0. The van der Waals surface area contributed by atoms with E-state index in [0.29, 0.717) is 25.0 Å². The molecule has 3 heteroatoms. The fraction of sp³-hybridized carbons (Fsp3) is 0.455. The second-order valence-corrected chi connectivity index (χ2v) is 3.65. The molecule has 76 valence electrons. The maximum Gasteiger partial charge on any atom is 0.128 e. The molecule has 0 heterocycles. The van der Waals surface area contributed by atoms with Crippen LogP contribution in [0.1, 0.15) is 18.4 Å². The molecule has 1 N–H and O–H groups in total. The van der Waals surface area contributed by atoms with Crippen LogP contribution in [-0.4, -0.2) is 17.3 Å². The molecule has 1 aromatic rings. The van der Waals surface area contributed by atoms with Gasteiger partial charge < -0.3 is 9.84 Å². The molecule has 1 saturated carbocycles. The number of rotatable bonds is 3. The van der Waals surface area contributed by atoms with Gasteiger partial charge >= 0.3 is 0 Å². The Bertz CT molecular complexity index is 308. The van der Waals surface area contributed by atoms with Crippen molar-refractivity contribution in [3.05, 3.63) is 35.6 Å². The molecule has 2 rings (SSSR count). The Kier molecular flexibility index (Phi) is 2.79. The Labute approximate surface area is 82.3 Å². The fourth-order valence-electron chi connectivity index (χ4n) is 1.50. The molecule has 2 nitrogen and oxygen atoms in total. The molecule has 1 aliphatic rings. The van der Waals surface area contributed by atoms with Gasteiger partial charge in [-0.1, -0.05) is 18.2 Å². The van der Waals surface area contributed by atoms with Gasteiger partial charge in [-0.05, 0) is 18.9 Å². The topological polar surface area (TPSA) is 29.5 Å². The number of hydrogen-bond acceptors (Lipinski definition) is 2. The van der Waals surface area contributed by atoms with Crippen LogP contribution in [0.2, 0.25) is 0 Å². The van der Waals surface area contributed by atoms with Gasteiger partial charge in [0.05, 0.1) is 18.8 Å². The molecule has 0 spiro atoms. The van der Waals surface area contributed by atoms with Crippen molar-refractivity contribution in [2.24, 2.45) is 0 Å². The van der Waals surface area contributed by atoms with Gasteiger partial charge in [-0.2, -0.15) is 0 Å². The third kappa shape index (κ3) is 2.11. The monoisotopic (exact) mass is 196 g/mol. The van der Waals surface area contributed by atoms with E-state index in [1.807, 2.05) is 0 Å². The van der Waals surface area contributed by atoms with Crippen molar-refractivity contribution in [3.63, 3.8) is 0 Å². The zero-order valence-electron chi connectivity index (χ0n) is 7.82. The summed E-state index contributed by atoms with van der Waals surface area (Å²) in [7, 11) is 0. The van der Waals surface area contributed by atoms with Crippen LogP contribution in [0.15, 0.2) is 24.3 Å². The molecule has 14 heavy (non-hydrogen) atoms. The van der Waals surface area contributed by atoms with Crippen LogP contribution < -0.4 is 0 Å². The number of benzene rings is 1. The molecule has 0 atom stereocenters. The molecule has 0 saturated heterocycles. The van der Waals surface area contributed by atoms with E-state index in [0.717, 1.165) is 0 Å².